The van der Waals surface area contributed by atoms with Crippen LogP contribution in [0.5, 0.6) is 11.5 Å². The summed E-state index contributed by atoms with van der Waals surface area (Å²) in [4.78, 5) is 12.2. The fraction of sp³-hybridized carbons (Fsp3) is 0.667. The second-order valence-corrected chi connectivity index (χ2v) is 7.08. The minimum atomic E-state index is 0.160. The molecule has 3 N–H and O–H groups in total. The summed E-state index contributed by atoms with van der Waals surface area (Å²) >= 11 is 0. The number of rotatable bonds is 10. The van der Waals surface area contributed by atoms with E-state index in [4.69, 9.17) is 15.2 Å². The Morgan fingerprint density at radius 3 is 2.69 bits per heavy atom. The van der Waals surface area contributed by atoms with Crippen LogP contribution >= 0.6 is 0 Å². The van der Waals surface area contributed by atoms with Crippen molar-refractivity contribution in [2.75, 3.05) is 20.8 Å². The molecule has 26 heavy (non-hydrogen) atoms. The average Bonchev–Trinajstić information content (AvgIpc) is 2.65. The molecule has 1 aliphatic rings. The number of aryl methyl sites for hydroxylation is 1. The van der Waals surface area contributed by atoms with Crippen LogP contribution in [-0.2, 0) is 24.1 Å². The van der Waals surface area contributed by atoms with Gasteiger partial charge >= 0.3 is 0 Å². The van der Waals surface area contributed by atoms with Crippen LogP contribution in [0.3, 0.4) is 0 Å². The van der Waals surface area contributed by atoms with E-state index in [0.29, 0.717) is 13.0 Å². The first-order valence-electron chi connectivity index (χ1n) is 9.89. The summed E-state index contributed by atoms with van der Waals surface area (Å²) in [6.07, 6.45) is 8.35. The van der Waals surface area contributed by atoms with Gasteiger partial charge in [0, 0.05) is 18.0 Å². The number of unbranched alkanes of at least 4 members (excludes halogenated alkanes) is 2. The molecule has 1 amide bonds. The Hall–Kier alpha value is -1.75. The molecule has 1 aromatic rings. The minimum absolute atomic E-state index is 0.160. The van der Waals surface area contributed by atoms with Crippen molar-refractivity contribution >= 4 is 5.91 Å². The molecule has 0 aliphatic heterocycles. The Balaban J connectivity index is 2.09. The molecule has 0 heterocycles. The summed E-state index contributed by atoms with van der Waals surface area (Å²) in [5, 5.41) is 3.23. The van der Waals surface area contributed by atoms with Gasteiger partial charge in [-0.2, -0.15) is 0 Å². The van der Waals surface area contributed by atoms with Gasteiger partial charge in [-0.15, -0.1) is 0 Å². The predicted octanol–water partition coefficient (Wildman–Crippen LogP) is 3.15. The van der Waals surface area contributed by atoms with Crippen molar-refractivity contribution in [2.45, 2.75) is 70.8 Å². The molecule has 1 atom stereocenters. The number of ether oxygens (including phenoxy) is 2. The van der Waals surface area contributed by atoms with Gasteiger partial charge in [-0.3, -0.25) is 4.79 Å². The Morgan fingerprint density at radius 1 is 1.23 bits per heavy atom. The van der Waals surface area contributed by atoms with E-state index >= 15 is 0 Å². The molecule has 146 valence electrons. The number of carbonyl (C=O) groups excluding carboxylic acids is 1. The molecule has 1 aliphatic carbocycles. The van der Waals surface area contributed by atoms with Gasteiger partial charge in [0.25, 0.3) is 0 Å². The van der Waals surface area contributed by atoms with E-state index < -0.39 is 0 Å². The maximum Gasteiger partial charge on any atom is 0.220 e. The van der Waals surface area contributed by atoms with Crippen molar-refractivity contribution in [3.63, 3.8) is 0 Å². The van der Waals surface area contributed by atoms with Gasteiger partial charge in [0.15, 0.2) is 11.5 Å². The van der Waals surface area contributed by atoms with Gasteiger partial charge in [0.1, 0.15) is 0 Å². The number of fused-ring (bicyclic) bond motifs is 1. The number of methoxy groups -OCH3 is 2. The highest BCUT2D eigenvalue weighted by atomic mass is 16.5. The van der Waals surface area contributed by atoms with Crippen molar-refractivity contribution in [1.29, 1.82) is 0 Å². The third-order valence-corrected chi connectivity index (χ3v) is 5.16. The van der Waals surface area contributed by atoms with Crippen molar-refractivity contribution in [2.24, 2.45) is 5.73 Å². The summed E-state index contributed by atoms with van der Waals surface area (Å²) in [6.45, 7) is 2.89. The van der Waals surface area contributed by atoms with Gasteiger partial charge in [-0.25, -0.2) is 0 Å². The summed E-state index contributed by atoms with van der Waals surface area (Å²) in [5.41, 5.74) is 9.42. The summed E-state index contributed by atoms with van der Waals surface area (Å²) in [7, 11) is 3.39. The highest BCUT2D eigenvalue weighted by Crippen LogP contribution is 2.40. The fourth-order valence-corrected chi connectivity index (χ4v) is 3.87. The van der Waals surface area contributed by atoms with E-state index in [-0.39, 0.29) is 11.9 Å². The van der Waals surface area contributed by atoms with Gasteiger partial charge in [0.05, 0.1) is 14.2 Å². The molecule has 0 spiro atoms. The standard InChI is InChI=1S/C21H34N2O3/c1-4-8-15-13-19(25-2)21(26-3)17-11-10-16(14-18(15)17)23-20(24)9-6-5-7-12-22/h13,16H,4-12,14,22H2,1-3H3,(H,23,24). The van der Waals surface area contributed by atoms with Gasteiger partial charge < -0.3 is 20.5 Å². The van der Waals surface area contributed by atoms with Gasteiger partial charge in [-0.1, -0.05) is 19.8 Å². The predicted molar refractivity (Wildman–Crippen MR) is 105 cm³/mol. The number of carbonyl (C=O) groups is 1. The zero-order valence-electron chi connectivity index (χ0n) is 16.5. The van der Waals surface area contributed by atoms with E-state index in [1.807, 2.05) is 0 Å². The minimum Gasteiger partial charge on any atom is -0.493 e. The SMILES string of the molecule is CCCc1cc(OC)c(OC)c2c1CC(NC(=O)CCCCCN)CC2. The summed E-state index contributed by atoms with van der Waals surface area (Å²) in [5.74, 6) is 1.83. The van der Waals surface area contributed by atoms with Crippen LogP contribution < -0.4 is 20.5 Å². The lowest BCUT2D eigenvalue weighted by molar-refractivity contribution is -0.122. The summed E-state index contributed by atoms with van der Waals surface area (Å²) in [6, 6.07) is 2.32. The third-order valence-electron chi connectivity index (χ3n) is 5.16. The third kappa shape index (κ3) is 5.13. The highest BCUT2D eigenvalue weighted by molar-refractivity contribution is 5.76. The van der Waals surface area contributed by atoms with Crippen molar-refractivity contribution < 1.29 is 14.3 Å². The average molecular weight is 363 g/mol. The van der Waals surface area contributed by atoms with Crippen LogP contribution in [-0.4, -0.2) is 32.7 Å². The lowest BCUT2D eigenvalue weighted by atomic mass is 9.83. The Kier molecular flexibility index (Phi) is 8.23. The molecule has 0 radical (unpaired) electrons. The zero-order chi connectivity index (χ0) is 18.9. The quantitative estimate of drug-likeness (QED) is 0.627. The highest BCUT2D eigenvalue weighted by Gasteiger charge is 2.27. The number of hydrogen-bond donors (Lipinski definition) is 2. The number of nitrogens with two attached hydrogens (primary N) is 1. The molecular weight excluding hydrogens is 328 g/mol. The van der Waals surface area contributed by atoms with Crippen LogP contribution in [0.1, 0.15) is 62.1 Å². The first kappa shape index (κ1) is 20.6. The van der Waals surface area contributed by atoms with E-state index in [9.17, 15) is 4.79 Å². The molecule has 0 saturated carbocycles. The number of nitrogens with one attached hydrogen (secondary N) is 1. The monoisotopic (exact) mass is 362 g/mol. The van der Waals surface area contributed by atoms with Crippen molar-refractivity contribution in [3.8, 4) is 11.5 Å². The molecule has 1 aromatic carbocycles. The fourth-order valence-electron chi connectivity index (χ4n) is 3.87. The molecule has 0 aromatic heterocycles. The largest absolute Gasteiger partial charge is 0.493 e. The van der Waals surface area contributed by atoms with Crippen molar-refractivity contribution in [1.82, 2.24) is 5.32 Å². The van der Waals surface area contributed by atoms with Crippen LogP contribution in [0.2, 0.25) is 0 Å². The number of benzene rings is 1. The molecule has 0 saturated heterocycles. The van der Waals surface area contributed by atoms with Crippen LogP contribution in [0.25, 0.3) is 0 Å². The number of amides is 1. The maximum atomic E-state index is 12.2. The first-order valence-corrected chi connectivity index (χ1v) is 9.89. The van der Waals surface area contributed by atoms with E-state index in [1.54, 1.807) is 14.2 Å². The van der Waals surface area contributed by atoms with Crippen LogP contribution in [0, 0.1) is 0 Å². The van der Waals surface area contributed by atoms with E-state index in [2.05, 4.69) is 18.3 Å². The Morgan fingerprint density at radius 2 is 2.04 bits per heavy atom. The molecular formula is C21H34N2O3. The maximum absolute atomic E-state index is 12.2. The Bertz CT molecular complexity index is 601. The zero-order valence-corrected chi connectivity index (χ0v) is 16.5. The molecule has 0 bridgehead atoms. The summed E-state index contributed by atoms with van der Waals surface area (Å²) < 4.78 is 11.2. The molecule has 2 rings (SSSR count). The molecule has 5 nitrogen and oxygen atoms in total. The van der Waals surface area contributed by atoms with Crippen LogP contribution in [0.15, 0.2) is 6.07 Å². The topological polar surface area (TPSA) is 73.6 Å². The van der Waals surface area contributed by atoms with Crippen LogP contribution in [0.4, 0.5) is 0 Å². The molecule has 1 unspecified atom stereocenters. The molecule has 5 heteroatoms. The van der Waals surface area contributed by atoms with E-state index in [0.717, 1.165) is 62.9 Å². The smallest absolute Gasteiger partial charge is 0.220 e. The van der Waals surface area contributed by atoms with Gasteiger partial charge in [-0.05, 0) is 62.3 Å². The molecule has 0 fully saturated rings. The van der Waals surface area contributed by atoms with Gasteiger partial charge in [0.2, 0.25) is 5.91 Å². The van der Waals surface area contributed by atoms with Crippen molar-refractivity contribution in [3.05, 3.63) is 22.8 Å². The lowest BCUT2D eigenvalue weighted by Gasteiger charge is -2.29. The second-order valence-electron chi connectivity index (χ2n) is 7.08. The second kappa shape index (κ2) is 10.4. The number of hydrogen-bond acceptors (Lipinski definition) is 4. The lowest BCUT2D eigenvalue weighted by Crippen LogP contribution is -2.39. The first-order chi connectivity index (χ1) is 12.6. The Labute approximate surface area is 157 Å². The van der Waals surface area contributed by atoms with E-state index in [1.165, 1.54) is 16.7 Å². The normalized spacial score (nSPS) is 16.1.